The second kappa shape index (κ2) is 5.61. The van der Waals surface area contributed by atoms with Crippen LogP contribution in [-0.4, -0.2) is 17.0 Å². The van der Waals surface area contributed by atoms with E-state index < -0.39 is 11.9 Å². The summed E-state index contributed by atoms with van der Waals surface area (Å²) in [6.45, 7) is 0. The number of amides is 1. The molecule has 0 atom stereocenters. The minimum absolute atomic E-state index is 0.0366. The van der Waals surface area contributed by atoms with E-state index in [1.807, 2.05) is 0 Å². The molecule has 0 fully saturated rings. The van der Waals surface area contributed by atoms with Gasteiger partial charge in [0.25, 0.3) is 5.91 Å². The fourth-order valence-corrected chi connectivity index (χ4v) is 2.65. The minimum Gasteiger partial charge on any atom is -0.478 e. The van der Waals surface area contributed by atoms with Crippen molar-refractivity contribution in [3.8, 4) is 0 Å². The highest BCUT2D eigenvalue weighted by atomic mass is 35.5. The number of rotatable bonds is 3. The Labute approximate surface area is 122 Å². The van der Waals surface area contributed by atoms with Gasteiger partial charge in [-0.15, -0.1) is 11.3 Å². The molecular weight excluding hydrogens is 309 g/mol. The number of carboxylic acid groups (broad SMARTS) is 1. The minimum atomic E-state index is -1.15. The van der Waals surface area contributed by atoms with Crippen LogP contribution < -0.4 is 5.32 Å². The van der Waals surface area contributed by atoms with Crippen LogP contribution in [0.2, 0.25) is 10.0 Å². The Morgan fingerprint density at radius 3 is 2.53 bits per heavy atom. The van der Waals surface area contributed by atoms with E-state index >= 15 is 0 Å². The summed E-state index contributed by atoms with van der Waals surface area (Å²) in [4.78, 5) is 23.3. The second-order valence-electron chi connectivity index (χ2n) is 3.55. The smallest absolute Gasteiger partial charge is 0.337 e. The molecule has 19 heavy (non-hydrogen) atoms. The largest absolute Gasteiger partial charge is 0.478 e. The number of aromatic carboxylic acids is 1. The van der Waals surface area contributed by atoms with Crippen molar-refractivity contribution in [2.24, 2.45) is 0 Å². The molecule has 1 heterocycles. The molecule has 4 nitrogen and oxygen atoms in total. The molecule has 0 saturated heterocycles. The van der Waals surface area contributed by atoms with Crippen LogP contribution >= 0.6 is 34.5 Å². The van der Waals surface area contributed by atoms with Crippen molar-refractivity contribution in [3.05, 3.63) is 50.1 Å². The molecule has 0 spiro atoms. The number of nitrogens with one attached hydrogen (secondary N) is 1. The lowest BCUT2D eigenvalue weighted by Gasteiger charge is -2.08. The third kappa shape index (κ3) is 3.07. The highest BCUT2D eigenvalue weighted by Crippen LogP contribution is 2.26. The Morgan fingerprint density at radius 2 is 1.95 bits per heavy atom. The molecule has 0 saturated carbocycles. The summed E-state index contributed by atoms with van der Waals surface area (Å²) >= 11 is 12.8. The van der Waals surface area contributed by atoms with Gasteiger partial charge in [-0.05, 0) is 29.6 Å². The van der Waals surface area contributed by atoms with Crippen LogP contribution in [0.25, 0.3) is 0 Å². The zero-order chi connectivity index (χ0) is 14.0. The average molecular weight is 316 g/mol. The first-order valence-corrected chi connectivity index (χ1v) is 6.70. The van der Waals surface area contributed by atoms with Gasteiger partial charge in [-0.2, -0.15) is 0 Å². The zero-order valence-corrected chi connectivity index (χ0v) is 11.6. The van der Waals surface area contributed by atoms with Crippen LogP contribution in [0.15, 0.2) is 29.6 Å². The van der Waals surface area contributed by atoms with Crippen LogP contribution in [0.3, 0.4) is 0 Å². The fourth-order valence-electron chi connectivity index (χ4n) is 1.44. The van der Waals surface area contributed by atoms with E-state index in [-0.39, 0.29) is 11.3 Å². The van der Waals surface area contributed by atoms with Gasteiger partial charge >= 0.3 is 5.97 Å². The monoisotopic (exact) mass is 315 g/mol. The third-order valence-electron chi connectivity index (χ3n) is 2.28. The number of carboxylic acids is 1. The van der Waals surface area contributed by atoms with Crippen molar-refractivity contribution in [3.63, 3.8) is 0 Å². The Balaban J connectivity index is 2.33. The van der Waals surface area contributed by atoms with E-state index in [1.165, 1.54) is 29.5 Å². The van der Waals surface area contributed by atoms with E-state index in [1.54, 1.807) is 11.4 Å². The van der Waals surface area contributed by atoms with Crippen LogP contribution in [-0.2, 0) is 0 Å². The standard InChI is InChI=1S/C12H7Cl2NO3S/c13-6-1-2-7(12(17)18)9(5-6)15-11(16)10-8(14)3-4-19-10/h1-5H,(H,15,16)(H,17,18). The molecule has 0 aliphatic carbocycles. The number of carbonyl (C=O) groups is 2. The van der Waals surface area contributed by atoms with Gasteiger partial charge in [0.15, 0.2) is 0 Å². The number of carbonyl (C=O) groups excluding carboxylic acids is 1. The summed E-state index contributed by atoms with van der Waals surface area (Å²) in [7, 11) is 0. The second-order valence-corrected chi connectivity index (χ2v) is 5.31. The number of hydrogen-bond donors (Lipinski definition) is 2. The highest BCUT2D eigenvalue weighted by Gasteiger charge is 2.16. The van der Waals surface area contributed by atoms with Crippen molar-refractivity contribution in [2.45, 2.75) is 0 Å². The third-order valence-corrected chi connectivity index (χ3v) is 3.86. The van der Waals surface area contributed by atoms with E-state index in [0.29, 0.717) is 14.9 Å². The molecule has 0 aliphatic rings. The van der Waals surface area contributed by atoms with Crippen molar-refractivity contribution >= 4 is 52.1 Å². The van der Waals surface area contributed by atoms with Gasteiger partial charge in [0.1, 0.15) is 4.88 Å². The quantitative estimate of drug-likeness (QED) is 0.899. The highest BCUT2D eigenvalue weighted by molar-refractivity contribution is 7.12. The van der Waals surface area contributed by atoms with Gasteiger partial charge in [0.05, 0.1) is 16.3 Å². The molecule has 0 unspecified atom stereocenters. The Kier molecular flexibility index (Phi) is 4.09. The summed E-state index contributed by atoms with van der Waals surface area (Å²) in [5.41, 5.74) is 0.0971. The van der Waals surface area contributed by atoms with E-state index in [4.69, 9.17) is 28.3 Å². The van der Waals surface area contributed by atoms with Gasteiger partial charge in [-0.25, -0.2) is 4.79 Å². The summed E-state index contributed by atoms with van der Waals surface area (Å²) in [5, 5.41) is 13.9. The molecule has 1 aromatic heterocycles. The molecule has 1 amide bonds. The summed E-state index contributed by atoms with van der Waals surface area (Å²) < 4.78 is 0. The summed E-state index contributed by atoms with van der Waals surface area (Å²) in [6, 6.07) is 5.75. The summed E-state index contributed by atoms with van der Waals surface area (Å²) in [6.07, 6.45) is 0. The first-order chi connectivity index (χ1) is 8.99. The molecule has 0 radical (unpaired) electrons. The predicted molar refractivity (Wildman–Crippen MR) is 75.7 cm³/mol. The molecule has 1 aromatic carbocycles. The lowest BCUT2D eigenvalue weighted by atomic mass is 10.2. The van der Waals surface area contributed by atoms with Gasteiger partial charge in [-0.1, -0.05) is 23.2 Å². The predicted octanol–water partition coefficient (Wildman–Crippen LogP) is 4.01. The molecule has 2 aromatic rings. The molecule has 7 heteroatoms. The molecular formula is C12H7Cl2NO3S. The Bertz CT molecular complexity index is 654. The van der Waals surface area contributed by atoms with Gasteiger partial charge in [0, 0.05) is 5.02 Å². The summed E-state index contributed by atoms with van der Waals surface area (Å²) in [5.74, 6) is -1.62. The van der Waals surface area contributed by atoms with Crippen LogP contribution in [0.5, 0.6) is 0 Å². The molecule has 2 rings (SSSR count). The maximum atomic E-state index is 12.0. The lowest BCUT2D eigenvalue weighted by molar-refractivity contribution is 0.0698. The van der Waals surface area contributed by atoms with E-state index in [2.05, 4.69) is 5.32 Å². The maximum Gasteiger partial charge on any atom is 0.337 e. The van der Waals surface area contributed by atoms with Crippen LogP contribution in [0.1, 0.15) is 20.0 Å². The van der Waals surface area contributed by atoms with Crippen molar-refractivity contribution in [1.82, 2.24) is 0 Å². The SMILES string of the molecule is O=C(O)c1ccc(Cl)cc1NC(=O)c1sccc1Cl. The normalized spacial score (nSPS) is 10.2. The number of thiophene rings is 1. The van der Waals surface area contributed by atoms with Gasteiger partial charge in [-0.3, -0.25) is 4.79 Å². The van der Waals surface area contributed by atoms with E-state index in [9.17, 15) is 9.59 Å². The van der Waals surface area contributed by atoms with Crippen LogP contribution in [0, 0.1) is 0 Å². The van der Waals surface area contributed by atoms with Crippen molar-refractivity contribution < 1.29 is 14.7 Å². The maximum absolute atomic E-state index is 12.0. The average Bonchev–Trinajstić information content (AvgIpc) is 2.75. The fraction of sp³-hybridized carbons (Fsp3) is 0. The molecule has 98 valence electrons. The van der Waals surface area contributed by atoms with Crippen molar-refractivity contribution in [1.29, 1.82) is 0 Å². The zero-order valence-electron chi connectivity index (χ0n) is 9.31. The lowest BCUT2D eigenvalue weighted by Crippen LogP contribution is -2.14. The number of hydrogen-bond acceptors (Lipinski definition) is 3. The van der Waals surface area contributed by atoms with Crippen LogP contribution in [0.4, 0.5) is 5.69 Å². The molecule has 0 aliphatic heterocycles. The topological polar surface area (TPSA) is 66.4 Å². The Hall–Kier alpha value is -1.56. The number of anilines is 1. The van der Waals surface area contributed by atoms with E-state index in [0.717, 1.165) is 0 Å². The van der Waals surface area contributed by atoms with Gasteiger partial charge < -0.3 is 10.4 Å². The van der Waals surface area contributed by atoms with Crippen molar-refractivity contribution in [2.75, 3.05) is 5.32 Å². The molecule has 2 N–H and O–H groups in total. The Morgan fingerprint density at radius 1 is 1.21 bits per heavy atom. The first kappa shape index (κ1) is 13.9. The number of benzene rings is 1. The first-order valence-electron chi connectivity index (χ1n) is 5.06. The van der Waals surface area contributed by atoms with Gasteiger partial charge in [0.2, 0.25) is 0 Å². The molecule has 0 bridgehead atoms. The number of halogens is 2.